The monoisotopic (exact) mass is 521 g/mol. The molecule has 0 atom stereocenters. The summed E-state index contributed by atoms with van der Waals surface area (Å²) in [5, 5.41) is 0. The minimum atomic E-state index is -0.163. The van der Waals surface area contributed by atoms with Crippen molar-refractivity contribution in [2.75, 3.05) is 6.61 Å². The Morgan fingerprint density at radius 1 is 0.432 bits per heavy atom. The first-order chi connectivity index (χ1) is 18.2. The van der Waals surface area contributed by atoms with Gasteiger partial charge < -0.3 is 4.74 Å². The van der Waals surface area contributed by atoms with Crippen LogP contribution < -0.4 is 0 Å². The van der Waals surface area contributed by atoms with Crippen molar-refractivity contribution >= 4 is 5.97 Å². The van der Waals surface area contributed by atoms with E-state index in [1.54, 1.807) is 0 Å². The molecule has 220 valence electrons. The molecular weight excluding hydrogens is 452 g/mol. The van der Waals surface area contributed by atoms with Crippen LogP contribution in [0.4, 0.5) is 0 Å². The van der Waals surface area contributed by atoms with Gasteiger partial charge in [0.15, 0.2) is 0 Å². The SMILES string of the molecule is C=C(CCCCCCCCCCCCCCCC)C(=O)OCCCCCCCCCCCCCCCC. The van der Waals surface area contributed by atoms with E-state index in [-0.39, 0.29) is 5.97 Å². The fourth-order valence-corrected chi connectivity index (χ4v) is 5.20. The van der Waals surface area contributed by atoms with Crippen LogP contribution in [-0.4, -0.2) is 12.6 Å². The molecular formula is C35H68O2. The molecule has 0 aromatic rings. The summed E-state index contributed by atoms with van der Waals surface area (Å²) >= 11 is 0. The summed E-state index contributed by atoms with van der Waals surface area (Å²) in [6, 6.07) is 0. The summed E-state index contributed by atoms with van der Waals surface area (Å²) in [4.78, 5) is 12.1. The van der Waals surface area contributed by atoms with Crippen LogP contribution in [0.2, 0.25) is 0 Å². The third-order valence-electron chi connectivity index (χ3n) is 7.85. The van der Waals surface area contributed by atoms with Gasteiger partial charge >= 0.3 is 5.97 Å². The number of rotatable bonds is 31. The van der Waals surface area contributed by atoms with E-state index in [2.05, 4.69) is 20.4 Å². The van der Waals surface area contributed by atoms with Gasteiger partial charge in [-0.05, 0) is 19.3 Å². The fraction of sp³-hybridized carbons (Fsp3) is 0.914. The molecule has 2 heteroatoms. The van der Waals surface area contributed by atoms with Crippen LogP contribution in [0.5, 0.6) is 0 Å². The van der Waals surface area contributed by atoms with Crippen molar-refractivity contribution < 1.29 is 9.53 Å². The molecule has 2 nitrogen and oxygen atoms in total. The maximum Gasteiger partial charge on any atom is 0.333 e. The maximum absolute atomic E-state index is 12.1. The molecule has 0 aliphatic carbocycles. The number of hydrogen-bond donors (Lipinski definition) is 0. The standard InChI is InChI=1S/C35H68O2/c1-4-6-8-10-12-14-16-18-20-22-24-26-28-30-32-34(3)35(36)37-33-31-29-27-25-23-21-19-17-15-13-11-9-7-5-2/h3-33H2,1-2H3. The Morgan fingerprint density at radius 3 is 1.03 bits per heavy atom. The zero-order valence-corrected chi connectivity index (χ0v) is 25.7. The van der Waals surface area contributed by atoms with Crippen LogP contribution in [-0.2, 0) is 9.53 Å². The number of hydrogen-bond acceptors (Lipinski definition) is 2. The van der Waals surface area contributed by atoms with E-state index in [0.717, 1.165) is 19.3 Å². The minimum Gasteiger partial charge on any atom is -0.462 e. The zero-order chi connectivity index (χ0) is 27.1. The lowest BCUT2D eigenvalue weighted by Crippen LogP contribution is -2.08. The van der Waals surface area contributed by atoms with Gasteiger partial charge in [-0.25, -0.2) is 4.79 Å². The molecule has 0 aromatic carbocycles. The molecule has 0 radical (unpaired) electrons. The highest BCUT2D eigenvalue weighted by Crippen LogP contribution is 2.16. The predicted molar refractivity (Wildman–Crippen MR) is 165 cm³/mol. The van der Waals surface area contributed by atoms with Gasteiger partial charge in [0.2, 0.25) is 0 Å². The van der Waals surface area contributed by atoms with Gasteiger partial charge in [0, 0.05) is 5.57 Å². The summed E-state index contributed by atoms with van der Waals surface area (Å²) in [6.45, 7) is 9.10. The number of carbonyl (C=O) groups excluding carboxylic acids is 1. The van der Waals surface area contributed by atoms with Gasteiger partial charge in [0.25, 0.3) is 0 Å². The van der Waals surface area contributed by atoms with Crippen LogP contribution in [0.3, 0.4) is 0 Å². The zero-order valence-electron chi connectivity index (χ0n) is 25.7. The lowest BCUT2D eigenvalue weighted by Gasteiger charge is -2.07. The Hall–Kier alpha value is -0.790. The summed E-state index contributed by atoms with van der Waals surface area (Å²) in [5.41, 5.74) is 0.671. The second-order valence-electron chi connectivity index (χ2n) is 11.7. The largest absolute Gasteiger partial charge is 0.462 e. The van der Waals surface area contributed by atoms with Crippen molar-refractivity contribution in [1.29, 1.82) is 0 Å². The second kappa shape index (κ2) is 31.4. The van der Waals surface area contributed by atoms with E-state index in [4.69, 9.17) is 4.74 Å². The fourth-order valence-electron chi connectivity index (χ4n) is 5.20. The van der Waals surface area contributed by atoms with E-state index in [1.807, 2.05) is 0 Å². The average molecular weight is 521 g/mol. The molecule has 0 rings (SSSR count). The third-order valence-corrected chi connectivity index (χ3v) is 7.85. The Kier molecular flexibility index (Phi) is 30.8. The first kappa shape index (κ1) is 36.2. The Balaban J connectivity index is 3.28. The van der Waals surface area contributed by atoms with E-state index in [1.165, 1.54) is 167 Å². The minimum absolute atomic E-state index is 0.163. The molecule has 0 aromatic heterocycles. The van der Waals surface area contributed by atoms with E-state index >= 15 is 0 Å². The van der Waals surface area contributed by atoms with Gasteiger partial charge in [-0.15, -0.1) is 0 Å². The van der Waals surface area contributed by atoms with Crippen molar-refractivity contribution in [3.8, 4) is 0 Å². The van der Waals surface area contributed by atoms with Gasteiger partial charge in [-0.2, -0.15) is 0 Å². The summed E-state index contributed by atoms with van der Waals surface area (Å²) in [5.74, 6) is -0.163. The smallest absolute Gasteiger partial charge is 0.333 e. The molecule has 0 fully saturated rings. The lowest BCUT2D eigenvalue weighted by molar-refractivity contribution is -0.139. The Labute approximate surface area is 234 Å². The molecule has 0 spiro atoms. The molecule has 0 aliphatic heterocycles. The maximum atomic E-state index is 12.1. The number of unbranched alkanes of at least 4 members (excludes halogenated alkanes) is 26. The number of ether oxygens (including phenoxy) is 1. The van der Waals surface area contributed by atoms with Crippen molar-refractivity contribution in [3.05, 3.63) is 12.2 Å². The van der Waals surface area contributed by atoms with Crippen LogP contribution in [0.25, 0.3) is 0 Å². The Morgan fingerprint density at radius 2 is 0.703 bits per heavy atom. The summed E-state index contributed by atoms with van der Waals surface area (Å²) in [6.07, 6.45) is 38.7. The van der Waals surface area contributed by atoms with Crippen molar-refractivity contribution in [3.63, 3.8) is 0 Å². The average Bonchev–Trinajstić information content (AvgIpc) is 2.90. The first-order valence-electron chi connectivity index (χ1n) is 17.1. The van der Waals surface area contributed by atoms with Crippen LogP contribution in [0.1, 0.15) is 200 Å². The van der Waals surface area contributed by atoms with Crippen LogP contribution in [0, 0.1) is 0 Å². The summed E-state index contributed by atoms with van der Waals surface area (Å²) < 4.78 is 5.44. The topological polar surface area (TPSA) is 26.3 Å². The second-order valence-corrected chi connectivity index (χ2v) is 11.7. The highest BCUT2D eigenvalue weighted by molar-refractivity contribution is 5.87. The van der Waals surface area contributed by atoms with Crippen LogP contribution in [0.15, 0.2) is 12.2 Å². The third kappa shape index (κ3) is 29.6. The molecule has 0 saturated heterocycles. The van der Waals surface area contributed by atoms with Gasteiger partial charge in [0.1, 0.15) is 0 Å². The quantitative estimate of drug-likeness (QED) is 0.0516. The molecule has 0 unspecified atom stereocenters. The lowest BCUT2D eigenvalue weighted by atomic mass is 10.0. The highest BCUT2D eigenvalue weighted by atomic mass is 16.5. The number of carbonyl (C=O) groups is 1. The van der Waals surface area contributed by atoms with Crippen LogP contribution >= 0.6 is 0 Å². The molecule has 0 amide bonds. The molecule has 0 saturated carbocycles. The predicted octanol–water partition coefficient (Wildman–Crippen LogP) is 12.4. The molecule has 0 bridgehead atoms. The molecule has 0 heterocycles. The van der Waals surface area contributed by atoms with Crippen molar-refractivity contribution in [2.24, 2.45) is 0 Å². The van der Waals surface area contributed by atoms with Crippen molar-refractivity contribution in [2.45, 2.75) is 200 Å². The van der Waals surface area contributed by atoms with Gasteiger partial charge in [0.05, 0.1) is 6.61 Å². The first-order valence-corrected chi connectivity index (χ1v) is 17.1. The van der Waals surface area contributed by atoms with Crippen molar-refractivity contribution in [1.82, 2.24) is 0 Å². The number of esters is 1. The van der Waals surface area contributed by atoms with E-state index in [0.29, 0.717) is 12.2 Å². The van der Waals surface area contributed by atoms with Gasteiger partial charge in [-0.1, -0.05) is 187 Å². The molecule has 0 N–H and O–H groups in total. The molecule has 37 heavy (non-hydrogen) atoms. The molecule has 0 aliphatic rings. The normalized spacial score (nSPS) is 11.2. The van der Waals surface area contributed by atoms with E-state index in [9.17, 15) is 4.79 Å². The Bertz CT molecular complexity index is 470. The highest BCUT2D eigenvalue weighted by Gasteiger charge is 2.08. The van der Waals surface area contributed by atoms with E-state index < -0.39 is 0 Å². The van der Waals surface area contributed by atoms with Gasteiger partial charge in [-0.3, -0.25) is 0 Å². The summed E-state index contributed by atoms with van der Waals surface area (Å²) in [7, 11) is 0.